The lowest BCUT2D eigenvalue weighted by molar-refractivity contribution is -0.140. The van der Waals surface area contributed by atoms with Crippen LogP contribution in [0.3, 0.4) is 0 Å². The number of carbonyl (C=O) groups is 2. The smallest absolute Gasteiger partial charge is 0.227 e. The molecule has 3 nitrogen and oxygen atoms in total. The molecule has 0 saturated carbocycles. The zero-order valence-electron chi connectivity index (χ0n) is 6.83. The van der Waals surface area contributed by atoms with Crippen molar-refractivity contribution in [1.82, 2.24) is 4.90 Å². The molecule has 1 atom stereocenters. The average Bonchev–Trinajstić information content (AvgIpc) is 2.07. The van der Waals surface area contributed by atoms with Gasteiger partial charge in [0.15, 0.2) is 0 Å². The standard InChI is InChI=1S/C8H12NO2/c1-5(2)9-7(10)4-6(3)8(9)11/h5-6H,3-4H2,1-2H3/q-1. The minimum atomic E-state index is -0.357. The van der Waals surface area contributed by atoms with Crippen LogP contribution in [0.4, 0.5) is 0 Å². The van der Waals surface area contributed by atoms with Crippen LogP contribution < -0.4 is 0 Å². The molecule has 0 aliphatic carbocycles. The van der Waals surface area contributed by atoms with Crippen molar-refractivity contribution in [2.24, 2.45) is 5.92 Å². The summed E-state index contributed by atoms with van der Waals surface area (Å²) in [7, 11) is 0. The van der Waals surface area contributed by atoms with E-state index in [0.717, 1.165) is 0 Å². The zero-order valence-corrected chi connectivity index (χ0v) is 6.83. The Morgan fingerprint density at radius 2 is 2.09 bits per heavy atom. The molecular formula is C8H12NO2-. The first-order valence-electron chi connectivity index (χ1n) is 3.73. The number of nitrogens with zero attached hydrogens (tertiary/aromatic N) is 1. The van der Waals surface area contributed by atoms with Crippen molar-refractivity contribution < 1.29 is 9.59 Å². The molecule has 0 spiro atoms. The number of likely N-dealkylation sites (tertiary alicyclic amines) is 1. The Balaban J connectivity index is 2.80. The fraction of sp³-hybridized carbons (Fsp3) is 0.625. The van der Waals surface area contributed by atoms with E-state index in [1.54, 1.807) is 0 Å². The molecule has 0 radical (unpaired) electrons. The van der Waals surface area contributed by atoms with Gasteiger partial charge in [-0.15, -0.1) is 0 Å². The van der Waals surface area contributed by atoms with Crippen LogP contribution in [0.5, 0.6) is 0 Å². The van der Waals surface area contributed by atoms with Gasteiger partial charge in [-0.25, -0.2) is 0 Å². The SMILES string of the molecule is [CH2-]C1CC(=O)N(C(C)C)C1=O. The van der Waals surface area contributed by atoms with Gasteiger partial charge in [0.25, 0.3) is 0 Å². The first-order chi connectivity index (χ1) is 5.04. The summed E-state index contributed by atoms with van der Waals surface area (Å²) in [5, 5.41) is 0. The number of amides is 2. The van der Waals surface area contributed by atoms with Gasteiger partial charge in [-0.05, 0) is 13.8 Å². The van der Waals surface area contributed by atoms with E-state index in [4.69, 9.17) is 0 Å². The molecule has 0 aromatic rings. The van der Waals surface area contributed by atoms with E-state index in [-0.39, 0.29) is 30.2 Å². The van der Waals surface area contributed by atoms with Gasteiger partial charge in [-0.3, -0.25) is 14.5 Å². The third kappa shape index (κ3) is 1.27. The van der Waals surface area contributed by atoms with Gasteiger partial charge in [0.1, 0.15) is 0 Å². The van der Waals surface area contributed by atoms with Crippen LogP contribution >= 0.6 is 0 Å². The molecule has 1 saturated heterocycles. The number of carbonyl (C=O) groups excluding carboxylic acids is 2. The third-order valence-corrected chi connectivity index (χ3v) is 1.79. The quantitative estimate of drug-likeness (QED) is 0.410. The largest absolute Gasteiger partial charge is 0.331 e. The van der Waals surface area contributed by atoms with Crippen LogP contribution in [0.15, 0.2) is 0 Å². The molecule has 0 N–H and O–H groups in total. The van der Waals surface area contributed by atoms with E-state index < -0.39 is 0 Å². The highest BCUT2D eigenvalue weighted by Gasteiger charge is 2.32. The molecule has 0 bridgehead atoms. The minimum Gasteiger partial charge on any atom is -0.331 e. The molecule has 1 heterocycles. The van der Waals surface area contributed by atoms with Crippen LogP contribution in [-0.2, 0) is 9.59 Å². The topological polar surface area (TPSA) is 37.4 Å². The molecular weight excluding hydrogens is 142 g/mol. The second kappa shape index (κ2) is 2.64. The molecule has 1 rings (SSSR count). The maximum atomic E-state index is 11.2. The summed E-state index contributed by atoms with van der Waals surface area (Å²) in [5.74, 6) is -0.583. The molecule has 1 unspecified atom stereocenters. The number of hydrogen-bond acceptors (Lipinski definition) is 2. The summed E-state index contributed by atoms with van der Waals surface area (Å²) in [4.78, 5) is 23.6. The fourth-order valence-electron chi connectivity index (χ4n) is 1.26. The van der Waals surface area contributed by atoms with Crippen LogP contribution in [0.1, 0.15) is 20.3 Å². The van der Waals surface area contributed by atoms with Gasteiger partial charge in [0.05, 0.1) is 0 Å². The van der Waals surface area contributed by atoms with Gasteiger partial charge in [0.2, 0.25) is 11.8 Å². The Labute approximate surface area is 66.4 Å². The third-order valence-electron chi connectivity index (χ3n) is 1.79. The first-order valence-corrected chi connectivity index (χ1v) is 3.73. The Hall–Kier alpha value is -0.860. The summed E-state index contributed by atoms with van der Waals surface area (Å²) in [5.41, 5.74) is 0. The van der Waals surface area contributed by atoms with Crippen molar-refractivity contribution in [1.29, 1.82) is 0 Å². The summed E-state index contributed by atoms with van der Waals surface area (Å²) in [6.07, 6.45) is 0.275. The van der Waals surface area contributed by atoms with E-state index >= 15 is 0 Å². The maximum Gasteiger partial charge on any atom is 0.227 e. The zero-order chi connectivity index (χ0) is 8.59. The lowest BCUT2D eigenvalue weighted by Gasteiger charge is -2.19. The van der Waals surface area contributed by atoms with Crippen LogP contribution in [-0.4, -0.2) is 22.8 Å². The summed E-state index contributed by atoms with van der Waals surface area (Å²) in [6.45, 7) is 7.24. The Morgan fingerprint density at radius 3 is 2.27 bits per heavy atom. The molecule has 62 valence electrons. The second-order valence-electron chi connectivity index (χ2n) is 3.10. The maximum absolute atomic E-state index is 11.2. The normalized spacial score (nSPS) is 25.5. The molecule has 0 aromatic carbocycles. The highest BCUT2D eigenvalue weighted by atomic mass is 16.2. The van der Waals surface area contributed by atoms with Crippen LogP contribution in [0, 0.1) is 12.8 Å². The molecule has 0 aromatic heterocycles. The molecule has 2 amide bonds. The Bertz CT molecular complexity index is 198. The molecule has 1 aliphatic heterocycles. The fourth-order valence-corrected chi connectivity index (χ4v) is 1.26. The van der Waals surface area contributed by atoms with E-state index in [9.17, 15) is 9.59 Å². The van der Waals surface area contributed by atoms with Gasteiger partial charge in [0, 0.05) is 12.5 Å². The van der Waals surface area contributed by atoms with E-state index in [2.05, 4.69) is 6.92 Å². The van der Waals surface area contributed by atoms with Gasteiger partial charge in [-0.1, -0.05) is 5.92 Å². The van der Waals surface area contributed by atoms with Crippen LogP contribution in [0.2, 0.25) is 0 Å². The summed E-state index contributed by atoms with van der Waals surface area (Å²) < 4.78 is 0. The number of rotatable bonds is 1. The lowest BCUT2D eigenvalue weighted by Crippen LogP contribution is -2.36. The second-order valence-corrected chi connectivity index (χ2v) is 3.10. The van der Waals surface area contributed by atoms with Crippen molar-refractivity contribution in [2.75, 3.05) is 0 Å². The highest BCUT2D eigenvalue weighted by molar-refractivity contribution is 6.04. The van der Waals surface area contributed by atoms with E-state index in [1.165, 1.54) is 4.90 Å². The van der Waals surface area contributed by atoms with Crippen molar-refractivity contribution in [3.63, 3.8) is 0 Å². The van der Waals surface area contributed by atoms with Crippen molar-refractivity contribution >= 4 is 11.8 Å². The summed E-state index contributed by atoms with van der Waals surface area (Å²) in [6, 6.07) is -0.0262. The molecule has 3 heteroatoms. The van der Waals surface area contributed by atoms with Crippen molar-refractivity contribution in [3.05, 3.63) is 6.92 Å². The Kier molecular flexibility index (Phi) is 1.98. The number of hydrogen-bond donors (Lipinski definition) is 0. The Morgan fingerprint density at radius 1 is 1.55 bits per heavy atom. The van der Waals surface area contributed by atoms with Gasteiger partial charge >= 0.3 is 0 Å². The molecule has 1 aliphatic rings. The highest BCUT2D eigenvalue weighted by Crippen LogP contribution is 2.20. The summed E-state index contributed by atoms with van der Waals surface area (Å²) >= 11 is 0. The molecule has 1 fully saturated rings. The molecule has 11 heavy (non-hydrogen) atoms. The monoisotopic (exact) mass is 154 g/mol. The predicted octanol–water partition coefficient (Wildman–Crippen LogP) is 0.604. The van der Waals surface area contributed by atoms with Crippen molar-refractivity contribution in [3.8, 4) is 0 Å². The van der Waals surface area contributed by atoms with Gasteiger partial charge in [-0.2, -0.15) is 0 Å². The number of imide groups is 1. The van der Waals surface area contributed by atoms with E-state index in [1.807, 2.05) is 13.8 Å². The average molecular weight is 154 g/mol. The van der Waals surface area contributed by atoms with E-state index in [0.29, 0.717) is 0 Å². The predicted molar refractivity (Wildman–Crippen MR) is 40.5 cm³/mol. The first kappa shape index (κ1) is 8.24. The lowest BCUT2D eigenvalue weighted by atomic mass is 10.1. The van der Waals surface area contributed by atoms with Gasteiger partial charge < -0.3 is 6.92 Å². The minimum absolute atomic E-state index is 0.0262. The van der Waals surface area contributed by atoms with Crippen LogP contribution in [0.25, 0.3) is 0 Å². The van der Waals surface area contributed by atoms with Crippen molar-refractivity contribution in [2.45, 2.75) is 26.3 Å².